The Kier molecular flexibility index (Phi) is 9.20. The highest BCUT2D eigenvalue weighted by Gasteiger charge is 2.08. The summed E-state index contributed by atoms with van der Waals surface area (Å²) >= 11 is 0. The highest BCUT2D eigenvalue weighted by Crippen LogP contribution is 2.12. The fourth-order valence-corrected chi connectivity index (χ4v) is 2.01. The summed E-state index contributed by atoms with van der Waals surface area (Å²) in [6.07, 6.45) is 1.13. The molecule has 1 N–H and O–H groups in total. The molecule has 0 radical (unpaired) electrons. The maximum absolute atomic E-state index is 5.14. The third kappa shape index (κ3) is 5.44. The molecule has 1 aromatic carbocycles. The van der Waals surface area contributed by atoms with E-state index in [1.807, 2.05) is 12.1 Å². The molecule has 1 aromatic rings. The highest BCUT2D eigenvalue weighted by molar-refractivity contribution is 5.85. The van der Waals surface area contributed by atoms with Crippen LogP contribution in [0.15, 0.2) is 24.3 Å². The average molecular weight is 293 g/mol. The lowest BCUT2D eigenvalue weighted by Crippen LogP contribution is -2.44. The molecule has 0 amide bonds. The van der Waals surface area contributed by atoms with Crippen LogP contribution in [0.25, 0.3) is 0 Å². The predicted octanol–water partition coefficient (Wildman–Crippen LogP) is 1.99. The molecular formula is C13H22Cl2N2O. The maximum Gasteiger partial charge on any atom is 0.118 e. The number of benzene rings is 1. The van der Waals surface area contributed by atoms with Gasteiger partial charge in [0.05, 0.1) is 7.11 Å². The number of rotatable bonds is 4. The molecular weight excluding hydrogens is 271 g/mol. The van der Waals surface area contributed by atoms with Crippen LogP contribution in [0.2, 0.25) is 0 Å². The van der Waals surface area contributed by atoms with Crippen molar-refractivity contribution < 1.29 is 4.74 Å². The molecule has 2 rings (SSSR count). The normalized spacial score (nSPS) is 15.4. The van der Waals surface area contributed by atoms with E-state index in [9.17, 15) is 0 Å². The zero-order valence-electron chi connectivity index (χ0n) is 10.7. The zero-order chi connectivity index (χ0) is 11.2. The standard InChI is InChI=1S/C13H20N2O.2ClH/c1-16-13-4-2-12(3-5-13)6-9-15-10-7-14-8-11-15;;/h2-5,14H,6-11H2,1H3;2*1H. The highest BCUT2D eigenvalue weighted by atomic mass is 35.5. The van der Waals surface area contributed by atoms with Gasteiger partial charge in [-0.15, -0.1) is 24.8 Å². The number of piperazine rings is 1. The summed E-state index contributed by atoms with van der Waals surface area (Å²) in [5.74, 6) is 0.936. The quantitative estimate of drug-likeness (QED) is 0.919. The van der Waals surface area contributed by atoms with Crippen LogP contribution in [-0.2, 0) is 6.42 Å². The maximum atomic E-state index is 5.14. The summed E-state index contributed by atoms with van der Waals surface area (Å²) < 4.78 is 5.14. The first-order valence-corrected chi connectivity index (χ1v) is 5.94. The summed E-state index contributed by atoms with van der Waals surface area (Å²) in [6, 6.07) is 8.38. The topological polar surface area (TPSA) is 24.5 Å². The van der Waals surface area contributed by atoms with E-state index in [2.05, 4.69) is 22.3 Å². The van der Waals surface area contributed by atoms with Crippen molar-refractivity contribution in [3.63, 3.8) is 0 Å². The van der Waals surface area contributed by atoms with Crippen molar-refractivity contribution in [2.75, 3.05) is 39.8 Å². The van der Waals surface area contributed by atoms with Gasteiger partial charge in [0.25, 0.3) is 0 Å². The number of nitrogens with one attached hydrogen (secondary N) is 1. The van der Waals surface area contributed by atoms with E-state index in [1.165, 1.54) is 18.7 Å². The van der Waals surface area contributed by atoms with Gasteiger partial charge in [-0.3, -0.25) is 0 Å². The van der Waals surface area contributed by atoms with Crippen LogP contribution in [0, 0.1) is 0 Å². The minimum Gasteiger partial charge on any atom is -0.497 e. The molecule has 3 nitrogen and oxygen atoms in total. The first-order chi connectivity index (χ1) is 7.88. The monoisotopic (exact) mass is 292 g/mol. The first-order valence-electron chi connectivity index (χ1n) is 5.94. The summed E-state index contributed by atoms with van der Waals surface area (Å²) in [6.45, 7) is 5.77. The van der Waals surface area contributed by atoms with E-state index in [0.29, 0.717) is 0 Å². The molecule has 0 aromatic heterocycles. The first kappa shape index (κ1) is 17.5. The molecule has 0 saturated carbocycles. The van der Waals surface area contributed by atoms with E-state index >= 15 is 0 Å². The molecule has 0 aliphatic carbocycles. The fourth-order valence-electron chi connectivity index (χ4n) is 2.01. The third-order valence-corrected chi connectivity index (χ3v) is 3.09. The van der Waals surface area contributed by atoms with Gasteiger partial charge in [0.1, 0.15) is 5.75 Å². The minimum absolute atomic E-state index is 0. The Morgan fingerprint density at radius 1 is 1.11 bits per heavy atom. The van der Waals surface area contributed by atoms with Crippen molar-refractivity contribution >= 4 is 24.8 Å². The van der Waals surface area contributed by atoms with E-state index in [4.69, 9.17) is 4.74 Å². The predicted molar refractivity (Wildman–Crippen MR) is 80.5 cm³/mol. The second-order valence-electron chi connectivity index (χ2n) is 4.19. The van der Waals surface area contributed by atoms with Gasteiger partial charge in [-0.2, -0.15) is 0 Å². The molecule has 1 fully saturated rings. The van der Waals surface area contributed by atoms with Crippen molar-refractivity contribution in [1.82, 2.24) is 10.2 Å². The lowest BCUT2D eigenvalue weighted by atomic mass is 10.1. The second-order valence-corrected chi connectivity index (χ2v) is 4.19. The molecule has 1 aliphatic heterocycles. The molecule has 1 saturated heterocycles. The Morgan fingerprint density at radius 2 is 1.72 bits per heavy atom. The minimum atomic E-state index is 0. The largest absolute Gasteiger partial charge is 0.497 e. The van der Waals surface area contributed by atoms with Crippen LogP contribution in [0.4, 0.5) is 0 Å². The van der Waals surface area contributed by atoms with Crippen molar-refractivity contribution in [2.45, 2.75) is 6.42 Å². The van der Waals surface area contributed by atoms with Crippen LogP contribution in [-0.4, -0.2) is 44.7 Å². The number of halogens is 2. The lowest BCUT2D eigenvalue weighted by molar-refractivity contribution is 0.244. The van der Waals surface area contributed by atoms with E-state index in [1.54, 1.807) is 7.11 Å². The van der Waals surface area contributed by atoms with Gasteiger partial charge < -0.3 is 15.0 Å². The number of hydrogen-bond acceptors (Lipinski definition) is 3. The Hall–Kier alpha value is -0.480. The molecule has 0 unspecified atom stereocenters. The Morgan fingerprint density at radius 3 is 2.28 bits per heavy atom. The summed E-state index contributed by atoms with van der Waals surface area (Å²) in [5, 5.41) is 3.37. The average Bonchev–Trinajstić information content (AvgIpc) is 2.38. The Labute approximate surface area is 122 Å². The molecule has 1 aliphatic rings. The number of ether oxygens (including phenoxy) is 1. The van der Waals surface area contributed by atoms with Crippen molar-refractivity contribution in [3.05, 3.63) is 29.8 Å². The van der Waals surface area contributed by atoms with Gasteiger partial charge >= 0.3 is 0 Å². The molecule has 18 heavy (non-hydrogen) atoms. The summed E-state index contributed by atoms with van der Waals surface area (Å²) in [4.78, 5) is 2.51. The third-order valence-electron chi connectivity index (χ3n) is 3.09. The van der Waals surface area contributed by atoms with Crippen molar-refractivity contribution in [2.24, 2.45) is 0 Å². The zero-order valence-corrected chi connectivity index (χ0v) is 12.4. The molecule has 0 bridgehead atoms. The second kappa shape index (κ2) is 9.45. The van der Waals surface area contributed by atoms with E-state index in [-0.39, 0.29) is 24.8 Å². The Balaban J connectivity index is 0.00000144. The molecule has 0 spiro atoms. The van der Waals surface area contributed by atoms with Crippen LogP contribution >= 0.6 is 24.8 Å². The van der Waals surface area contributed by atoms with Gasteiger partial charge in [-0.05, 0) is 24.1 Å². The molecule has 1 heterocycles. The van der Waals surface area contributed by atoms with Crippen molar-refractivity contribution in [3.8, 4) is 5.75 Å². The van der Waals surface area contributed by atoms with E-state index < -0.39 is 0 Å². The van der Waals surface area contributed by atoms with Crippen LogP contribution in [0.3, 0.4) is 0 Å². The van der Waals surface area contributed by atoms with Crippen molar-refractivity contribution in [1.29, 1.82) is 0 Å². The number of methoxy groups -OCH3 is 1. The van der Waals surface area contributed by atoms with Gasteiger partial charge in [0, 0.05) is 32.7 Å². The number of hydrogen-bond donors (Lipinski definition) is 1. The number of nitrogens with zero attached hydrogens (tertiary/aromatic N) is 1. The fraction of sp³-hybridized carbons (Fsp3) is 0.538. The SMILES string of the molecule is COc1ccc(CCN2CCNCC2)cc1.Cl.Cl. The van der Waals surface area contributed by atoms with Gasteiger partial charge in [0.15, 0.2) is 0 Å². The van der Waals surface area contributed by atoms with Gasteiger partial charge in [0.2, 0.25) is 0 Å². The Bertz CT molecular complexity index is 313. The molecule has 5 heteroatoms. The molecule has 0 atom stereocenters. The van der Waals surface area contributed by atoms with Gasteiger partial charge in [-0.25, -0.2) is 0 Å². The van der Waals surface area contributed by atoms with Crippen LogP contribution < -0.4 is 10.1 Å². The summed E-state index contributed by atoms with van der Waals surface area (Å²) in [5.41, 5.74) is 1.39. The van der Waals surface area contributed by atoms with Crippen LogP contribution in [0.1, 0.15) is 5.56 Å². The smallest absolute Gasteiger partial charge is 0.118 e. The summed E-state index contributed by atoms with van der Waals surface area (Å²) in [7, 11) is 1.70. The van der Waals surface area contributed by atoms with E-state index in [0.717, 1.165) is 31.8 Å². The van der Waals surface area contributed by atoms with Gasteiger partial charge in [-0.1, -0.05) is 12.1 Å². The van der Waals surface area contributed by atoms with Crippen LogP contribution in [0.5, 0.6) is 5.75 Å². The molecule has 104 valence electrons. The lowest BCUT2D eigenvalue weighted by Gasteiger charge is -2.27.